The van der Waals surface area contributed by atoms with Crippen molar-refractivity contribution in [2.75, 3.05) is 30.8 Å². The number of carbonyl (C=O) groups is 2. The number of ether oxygens (including phenoxy) is 1. The molecule has 0 aromatic heterocycles. The molecular weight excluding hydrogens is 533 g/mol. The first-order chi connectivity index (χ1) is 19.0. The molecule has 1 unspecified atom stereocenters. The number of carbonyl (C=O) groups excluding carboxylic acids is 2. The highest BCUT2D eigenvalue weighted by molar-refractivity contribution is 7.92. The van der Waals surface area contributed by atoms with Gasteiger partial charge in [-0.3, -0.25) is 13.9 Å². The third-order valence-electron chi connectivity index (χ3n) is 6.27. The van der Waals surface area contributed by atoms with E-state index in [9.17, 15) is 22.4 Å². The van der Waals surface area contributed by atoms with Crippen LogP contribution < -0.4 is 14.4 Å². The summed E-state index contributed by atoms with van der Waals surface area (Å²) in [6, 6.07) is 20.5. The van der Waals surface area contributed by atoms with Gasteiger partial charge in [0.15, 0.2) is 0 Å². The van der Waals surface area contributed by atoms with Gasteiger partial charge in [-0.2, -0.15) is 0 Å². The van der Waals surface area contributed by atoms with Crippen LogP contribution in [-0.2, 0) is 32.6 Å². The highest BCUT2D eigenvalue weighted by Crippen LogP contribution is 2.24. The molecule has 8 nitrogen and oxygen atoms in total. The number of hydrogen-bond acceptors (Lipinski definition) is 5. The van der Waals surface area contributed by atoms with Gasteiger partial charge >= 0.3 is 0 Å². The highest BCUT2D eigenvalue weighted by Gasteiger charge is 2.33. The summed E-state index contributed by atoms with van der Waals surface area (Å²) in [4.78, 5) is 28.8. The number of anilines is 1. The molecule has 3 aromatic carbocycles. The molecule has 0 spiro atoms. The maximum absolute atomic E-state index is 14.8. The average molecular weight is 570 g/mol. The fraction of sp³-hybridized carbons (Fsp3) is 0.333. The second-order valence-corrected chi connectivity index (χ2v) is 11.8. The number of rotatable bonds is 13. The van der Waals surface area contributed by atoms with Crippen molar-refractivity contribution in [3.8, 4) is 5.75 Å². The van der Waals surface area contributed by atoms with Crippen LogP contribution in [-0.4, -0.2) is 57.6 Å². The van der Waals surface area contributed by atoms with Gasteiger partial charge in [-0.05, 0) is 29.7 Å². The number of nitrogens with one attached hydrogen (secondary N) is 1. The Morgan fingerprint density at radius 3 is 2.27 bits per heavy atom. The van der Waals surface area contributed by atoms with E-state index < -0.39 is 40.2 Å². The van der Waals surface area contributed by atoms with Gasteiger partial charge in [0.1, 0.15) is 24.2 Å². The molecule has 214 valence electrons. The van der Waals surface area contributed by atoms with Gasteiger partial charge in [-0.25, -0.2) is 12.8 Å². The molecule has 0 aliphatic rings. The summed E-state index contributed by atoms with van der Waals surface area (Å²) >= 11 is 0. The van der Waals surface area contributed by atoms with Gasteiger partial charge in [0.2, 0.25) is 21.8 Å². The van der Waals surface area contributed by atoms with Gasteiger partial charge in [0.25, 0.3) is 0 Å². The lowest BCUT2D eigenvalue weighted by atomic mass is 10.0. The van der Waals surface area contributed by atoms with Crippen LogP contribution in [0.5, 0.6) is 5.75 Å². The van der Waals surface area contributed by atoms with E-state index >= 15 is 0 Å². The van der Waals surface area contributed by atoms with Crippen molar-refractivity contribution in [2.24, 2.45) is 5.92 Å². The molecule has 0 radical (unpaired) electrons. The first-order valence-corrected chi connectivity index (χ1v) is 14.8. The second kappa shape index (κ2) is 13.9. The quantitative estimate of drug-likeness (QED) is 0.336. The van der Waals surface area contributed by atoms with E-state index in [0.29, 0.717) is 12.3 Å². The predicted molar refractivity (Wildman–Crippen MR) is 154 cm³/mol. The van der Waals surface area contributed by atoms with E-state index in [1.165, 1.54) is 36.3 Å². The maximum Gasteiger partial charge on any atom is 0.244 e. The third kappa shape index (κ3) is 8.54. The summed E-state index contributed by atoms with van der Waals surface area (Å²) in [5, 5.41) is 2.89. The molecule has 2 amide bonds. The summed E-state index contributed by atoms with van der Waals surface area (Å²) < 4.78 is 46.7. The Bertz CT molecular complexity index is 1400. The largest absolute Gasteiger partial charge is 0.497 e. The smallest absolute Gasteiger partial charge is 0.244 e. The molecule has 40 heavy (non-hydrogen) atoms. The van der Waals surface area contributed by atoms with E-state index in [4.69, 9.17) is 4.74 Å². The standard InChI is InChI=1S/C30H36FN3O5S/c1-22(2)19-32-30(36)28(17-23-11-6-5-7-12-23)33(20-24-13-8-9-16-27(24)31)29(35)21-34(40(4,37)38)25-14-10-15-26(18-25)39-3/h5-16,18,22,28H,17,19-21H2,1-4H3,(H,32,36). The highest BCUT2D eigenvalue weighted by atomic mass is 32.2. The lowest BCUT2D eigenvalue weighted by Gasteiger charge is -2.33. The molecular formula is C30H36FN3O5S. The van der Waals surface area contributed by atoms with E-state index in [2.05, 4.69) is 5.32 Å². The molecule has 1 atom stereocenters. The van der Waals surface area contributed by atoms with Gasteiger partial charge in [-0.15, -0.1) is 0 Å². The lowest BCUT2D eigenvalue weighted by Crippen LogP contribution is -2.53. The van der Waals surface area contributed by atoms with E-state index in [-0.39, 0.29) is 30.1 Å². The molecule has 0 saturated carbocycles. The van der Waals surface area contributed by atoms with Gasteiger partial charge in [-0.1, -0.05) is 68.4 Å². The van der Waals surface area contributed by atoms with Gasteiger partial charge < -0.3 is 15.0 Å². The van der Waals surface area contributed by atoms with Crippen molar-refractivity contribution >= 4 is 27.5 Å². The minimum Gasteiger partial charge on any atom is -0.497 e. The van der Waals surface area contributed by atoms with Crippen LogP contribution >= 0.6 is 0 Å². The Morgan fingerprint density at radius 1 is 0.975 bits per heavy atom. The number of hydrogen-bond donors (Lipinski definition) is 1. The molecule has 3 rings (SSSR count). The fourth-order valence-corrected chi connectivity index (χ4v) is 5.01. The predicted octanol–water partition coefficient (Wildman–Crippen LogP) is 4.01. The number of halogens is 1. The summed E-state index contributed by atoms with van der Waals surface area (Å²) in [5.74, 6) is -1.02. The zero-order valence-electron chi connectivity index (χ0n) is 23.2. The SMILES string of the molecule is COc1cccc(N(CC(=O)N(Cc2ccccc2F)C(Cc2ccccc2)C(=O)NCC(C)C)S(C)(=O)=O)c1. The first-order valence-electron chi connectivity index (χ1n) is 13.0. The second-order valence-electron chi connectivity index (χ2n) is 9.93. The van der Waals surface area contributed by atoms with E-state index in [1.807, 2.05) is 44.2 Å². The van der Waals surface area contributed by atoms with Crippen molar-refractivity contribution in [1.29, 1.82) is 0 Å². The Morgan fingerprint density at radius 2 is 1.65 bits per heavy atom. The van der Waals surface area contributed by atoms with Crippen LogP contribution in [0.15, 0.2) is 78.9 Å². The molecule has 0 fully saturated rings. The van der Waals surface area contributed by atoms with Crippen molar-refractivity contribution in [3.63, 3.8) is 0 Å². The fourth-order valence-electron chi connectivity index (χ4n) is 4.17. The summed E-state index contributed by atoms with van der Waals surface area (Å²) in [6.07, 6.45) is 1.15. The minimum atomic E-state index is -3.92. The van der Waals surface area contributed by atoms with Crippen molar-refractivity contribution in [1.82, 2.24) is 10.2 Å². The zero-order chi connectivity index (χ0) is 29.3. The van der Waals surface area contributed by atoms with Crippen LogP contribution in [0.1, 0.15) is 25.0 Å². The Kier molecular flexibility index (Phi) is 10.7. The van der Waals surface area contributed by atoms with E-state index in [1.54, 1.807) is 24.3 Å². The number of nitrogens with zero attached hydrogens (tertiary/aromatic N) is 2. The van der Waals surface area contributed by atoms with Gasteiger partial charge in [0.05, 0.1) is 19.1 Å². The third-order valence-corrected chi connectivity index (χ3v) is 7.42. The summed E-state index contributed by atoms with van der Waals surface area (Å²) in [5.41, 5.74) is 1.23. The molecule has 10 heteroatoms. The molecule has 1 N–H and O–H groups in total. The molecule has 0 heterocycles. The monoisotopic (exact) mass is 569 g/mol. The van der Waals surface area contributed by atoms with Gasteiger partial charge in [0, 0.05) is 31.1 Å². The van der Waals surface area contributed by atoms with Crippen LogP contribution in [0.25, 0.3) is 0 Å². The molecule has 0 bridgehead atoms. The zero-order valence-corrected chi connectivity index (χ0v) is 24.0. The summed E-state index contributed by atoms with van der Waals surface area (Å²) in [6.45, 7) is 3.46. The molecule has 3 aromatic rings. The molecule has 0 saturated heterocycles. The first kappa shape index (κ1) is 30.6. The van der Waals surface area contributed by atoms with Crippen LogP contribution in [0.4, 0.5) is 10.1 Å². The number of sulfonamides is 1. The van der Waals surface area contributed by atoms with Crippen molar-refractivity contribution < 1.29 is 27.1 Å². The normalized spacial score (nSPS) is 12.1. The minimum absolute atomic E-state index is 0.156. The summed E-state index contributed by atoms with van der Waals surface area (Å²) in [7, 11) is -2.47. The number of methoxy groups -OCH3 is 1. The average Bonchev–Trinajstić information content (AvgIpc) is 2.93. The molecule has 0 aliphatic heterocycles. The Hall–Kier alpha value is -3.92. The number of amides is 2. The molecule has 0 aliphatic carbocycles. The van der Waals surface area contributed by atoms with Crippen molar-refractivity contribution in [2.45, 2.75) is 32.9 Å². The number of benzene rings is 3. The Balaban J connectivity index is 2.06. The van der Waals surface area contributed by atoms with Crippen LogP contribution in [0, 0.1) is 11.7 Å². The van der Waals surface area contributed by atoms with Crippen molar-refractivity contribution in [3.05, 3.63) is 95.8 Å². The Labute approximate surface area is 235 Å². The maximum atomic E-state index is 14.8. The van der Waals surface area contributed by atoms with Crippen LogP contribution in [0.3, 0.4) is 0 Å². The topological polar surface area (TPSA) is 96.0 Å². The van der Waals surface area contributed by atoms with Crippen LogP contribution in [0.2, 0.25) is 0 Å². The van der Waals surface area contributed by atoms with E-state index in [0.717, 1.165) is 16.1 Å². The lowest BCUT2D eigenvalue weighted by molar-refractivity contribution is -0.140.